The zero-order valence-electron chi connectivity index (χ0n) is 12.6. The van der Waals surface area contributed by atoms with Crippen LogP contribution >= 0.6 is 0 Å². The highest BCUT2D eigenvalue weighted by molar-refractivity contribution is 6.07. The Hall–Kier alpha value is -2.33. The first-order chi connectivity index (χ1) is 10.0. The van der Waals surface area contributed by atoms with E-state index in [0.717, 1.165) is 17.4 Å². The van der Waals surface area contributed by atoms with Crippen LogP contribution in [0.3, 0.4) is 0 Å². The molecule has 0 saturated heterocycles. The fraction of sp³-hybridized carbons (Fsp3) is 0.235. The van der Waals surface area contributed by atoms with E-state index in [-0.39, 0.29) is 17.1 Å². The lowest BCUT2D eigenvalue weighted by Crippen LogP contribution is -2.06. The lowest BCUT2D eigenvalue weighted by atomic mass is 10.0. The van der Waals surface area contributed by atoms with E-state index in [4.69, 9.17) is 14.6 Å². The summed E-state index contributed by atoms with van der Waals surface area (Å²) < 4.78 is 10.1. The van der Waals surface area contributed by atoms with Gasteiger partial charge in [-0.2, -0.15) is 0 Å². The normalized spacial score (nSPS) is 12.1. The quantitative estimate of drug-likeness (QED) is 0.474. The number of allylic oxidation sites excluding steroid dienone is 3. The van der Waals surface area contributed by atoms with Crippen molar-refractivity contribution < 1.29 is 19.4 Å². The van der Waals surface area contributed by atoms with Gasteiger partial charge < -0.3 is 14.6 Å². The van der Waals surface area contributed by atoms with Gasteiger partial charge in [0.05, 0.1) is 20.0 Å². The highest BCUT2D eigenvalue weighted by Gasteiger charge is 2.13. The van der Waals surface area contributed by atoms with Crippen LogP contribution in [0, 0.1) is 0 Å². The summed E-state index contributed by atoms with van der Waals surface area (Å²) in [5.74, 6) is -0.249. The van der Waals surface area contributed by atoms with Crippen molar-refractivity contribution in [2.45, 2.75) is 13.5 Å². The third-order valence-electron chi connectivity index (χ3n) is 2.94. The van der Waals surface area contributed by atoms with E-state index in [1.807, 2.05) is 24.3 Å². The van der Waals surface area contributed by atoms with Crippen LogP contribution in [-0.2, 0) is 20.9 Å². The third-order valence-corrected chi connectivity index (χ3v) is 2.94. The zero-order chi connectivity index (χ0) is 15.8. The van der Waals surface area contributed by atoms with Crippen LogP contribution in [0.15, 0.2) is 54.5 Å². The molecule has 112 valence electrons. The van der Waals surface area contributed by atoms with E-state index in [0.29, 0.717) is 12.2 Å². The molecule has 0 aromatic heterocycles. The number of benzene rings is 1. The molecule has 1 aromatic carbocycles. The van der Waals surface area contributed by atoms with Gasteiger partial charge in [-0.15, -0.1) is 0 Å². The molecule has 0 fully saturated rings. The van der Waals surface area contributed by atoms with E-state index in [9.17, 15) is 4.79 Å². The minimum atomic E-state index is -0.378. The summed E-state index contributed by atoms with van der Waals surface area (Å²) in [6.07, 6.45) is 2.32. The topological polar surface area (TPSA) is 55.8 Å². The number of hydrogen-bond acceptors (Lipinski definition) is 4. The molecule has 4 heteroatoms. The maximum absolute atomic E-state index is 11.9. The summed E-state index contributed by atoms with van der Waals surface area (Å²) in [5, 5.41) is 8.88. The Labute approximate surface area is 125 Å². The number of rotatable bonds is 7. The van der Waals surface area contributed by atoms with Crippen LogP contribution in [0.2, 0.25) is 0 Å². The summed E-state index contributed by atoms with van der Waals surface area (Å²) in [6.45, 7) is 5.99. The van der Waals surface area contributed by atoms with E-state index >= 15 is 0 Å². The van der Waals surface area contributed by atoms with Gasteiger partial charge in [0.2, 0.25) is 5.78 Å². The monoisotopic (exact) mass is 288 g/mol. The second kappa shape index (κ2) is 8.07. The Morgan fingerprint density at radius 1 is 1.29 bits per heavy atom. The molecule has 0 amide bonds. The highest BCUT2D eigenvalue weighted by Crippen LogP contribution is 2.18. The number of aliphatic hydroxyl groups excluding tert-OH is 1. The maximum atomic E-state index is 11.9. The molecule has 1 N–H and O–H groups in total. The molecule has 0 aliphatic heterocycles. The van der Waals surface area contributed by atoms with E-state index < -0.39 is 0 Å². The minimum absolute atomic E-state index is 0.128. The van der Waals surface area contributed by atoms with E-state index in [1.165, 1.54) is 14.0 Å². The average Bonchev–Trinajstić information content (AvgIpc) is 2.51. The fourth-order valence-corrected chi connectivity index (χ4v) is 1.69. The molecule has 21 heavy (non-hydrogen) atoms. The lowest BCUT2D eigenvalue weighted by Gasteiger charge is -2.07. The van der Waals surface area contributed by atoms with Gasteiger partial charge in [0, 0.05) is 12.7 Å². The molecule has 0 spiro atoms. The van der Waals surface area contributed by atoms with Crippen LogP contribution in [0.1, 0.15) is 18.1 Å². The largest absolute Gasteiger partial charge is 0.515 e. The summed E-state index contributed by atoms with van der Waals surface area (Å²) in [7, 11) is 3.05. The fourth-order valence-electron chi connectivity index (χ4n) is 1.69. The SMILES string of the molecule is C=C(/C=C(/OC)C(=O)C(C)=CO)c1ccc(COC)cc1. The van der Waals surface area contributed by atoms with Crippen molar-refractivity contribution >= 4 is 11.4 Å². The Morgan fingerprint density at radius 2 is 1.90 bits per heavy atom. The Bertz CT molecular complexity index is 565. The number of methoxy groups -OCH3 is 2. The molecule has 0 aliphatic carbocycles. The minimum Gasteiger partial charge on any atom is -0.515 e. The Balaban J connectivity index is 2.95. The molecule has 0 radical (unpaired) electrons. The number of carbonyl (C=O) groups excluding carboxylic acids is 1. The third kappa shape index (κ3) is 4.61. The van der Waals surface area contributed by atoms with Crippen molar-refractivity contribution in [1.29, 1.82) is 0 Å². The van der Waals surface area contributed by atoms with Crippen molar-refractivity contribution in [3.05, 3.63) is 65.6 Å². The number of ether oxygens (including phenoxy) is 2. The van der Waals surface area contributed by atoms with Crippen LogP contribution in [-0.4, -0.2) is 25.1 Å². The lowest BCUT2D eigenvalue weighted by molar-refractivity contribution is -0.115. The molecule has 0 saturated carbocycles. The molecule has 0 aliphatic rings. The second-order valence-corrected chi connectivity index (χ2v) is 4.51. The van der Waals surface area contributed by atoms with Crippen molar-refractivity contribution in [2.75, 3.05) is 14.2 Å². The predicted molar refractivity (Wildman–Crippen MR) is 82.7 cm³/mol. The van der Waals surface area contributed by atoms with Crippen molar-refractivity contribution in [2.24, 2.45) is 0 Å². The highest BCUT2D eigenvalue weighted by atomic mass is 16.5. The maximum Gasteiger partial charge on any atom is 0.226 e. The first kappa shape index (κ1) is 16.7. The summed E-state index contributed by atoms with van der Waals surface area (Å²) in [6, 6.07) is 7.68. The zero-order valence-corrected chi connectivity index (χ0v) is 12.6. The van der Waals surface area contributed by atoms with Gasteiger partial charge in [-0.05, 0) is 29.7 Å². The van der Waals surface area contributed by atoms with Gasteiger partial charge in [0.1, 0.15) is 0 Å². The van der Waals surface area contributed by atoms with E-state index in [1.54, 1.807) is 13.2 Å². The van der Waals surface area contributed by atoms with Crippen LogP contribution in [0.4, 0.5) is 0 Å². The smallest absolute Gasteiger partial charge is 0.226 e. The molecular formula is C17H20O4. The Morgan fingerprint density at radius 3 is 2.38 bits per heavy atom. The van der Waals surface area contributed by atoms with Crippen LogP contribution in [0.25, 0.3) is 5.57 Å². The molecule has 4 nitrogen and oxygen atoms in total. The summed E-state index contributed by atoms with van der Waals surface area (Å²) in [5.41, 5.74) is 2.78. The number of hydrogen-bond donors (Lipinski definition) is 1. The molecule has 1 aromatic rings. The first-order valence-electron chi connectivity index (χ1n) is 6.42. The number of Topliss-reactive ketones (excluding diaryl/α,β-unsaturated/α-hetero) is 1. The molecule has 1 rings (SSSR count). The van der Waals surface area contributed by atoms with Crippen molar-refractivity contribution in [1.82, 2.24) is 0 Å². The van der Waals surface area contributed by atoms with Crippen molar-refractivity contribution in [3.8, 4) is 0 Å². The molecule has 0 heterocycles. The molecular weight excluding hydrogens is 268 g/mol. The number of aliphatic hydroxyl groups is 1. The molecule has 0 atom stereocenters. The summed E-state index contributed by atoms with van der Waals surface area (Å²) >= 11 is 0. The number of ketones is 1. The van der Waals surface area contributed by atoms with Gasteiger partial charge >= 0.3 is 0 Å². The van der Waals surface area contributed by atoms with Crippen molar-refractivity contribution in [3.63, 3.8) is 0 Å². The van der Waals surface area contributed by atoms with Gasteiger partial charge in [0.15, 0.2) is 5.76 Å². The number of carbonyl (C=O) groups is 1. The Kier molecular flexibility index (Phi) is 6.43. The molecule has 0 bridgehead atoms. The van der Waals surface area contributed by atoms with Crippen LogP contribution in [0.5, 0.6) is 0 Å². The first-order valence-corrected chi connectivity index (χ1v) is 6.42. The second-order valence-electron chi connectivity index (χ2n) is 4.51. The van der Waals surface area contributed by atoms with Gasteiger partial charge in [0.25, 0.3) is 0 Å². The average molecular weight is 288 g/mol. The van der Waals surface area contributed by atoms with Gasteiger partial charge in [-0.25, -0.2) is 0 Å². The van der Waals surface area contributed by atoms with E-state index in [2.05, 4.69) is 6.58 Å². The predicted octanol–water partition coefficient (Wildman–Crippen LogP) is 3.41. The molecule has 0 unspecified atom stereocenters. The summed E-state index contributed by atoms with van der Waals surface area (Å²) in [4.78, 5) is 11.9. The van der Waals surface area contributed by atoms with Gasteiger partial charge in [-0.1, -0.05) is 30.8 Å². The van der Waals surface area contributed by atoms with Crippen LogP contribution < -0.4 is 0 Å². The standard InChI is InChI=1S/C17H20O4/c1-12(9-16(21-4)17(19)13(2)10-18)15-7-5-14(6-8-15)11-20-3/h5-10,18H,1,11H2,2-4H3/b13-10?,16-9+. The van der Waals surface area contributed by atoms with Gasteiger partial charge in [-0.3, -0.25) is 4.79 Å².